The fraction of sp³-hybridized carbons (Fsp3) is 0.111. The molecule has 1 aliphatic rings. The van der Waals surface area contributed by atoms with Gasteiger partial charge >= 0.3 is 0 Å². The second kappa shape index (κ2) is 2.44. The maximum absolute atomic E-state index is 11.2. The number of ether oxygens (including phenoxy) is 1. The molecule has 1 aromatic carbocycles. The lowest BCUT2D eigenvalue weighted by Gasteiger charge is -2.13. The molecular formula is C9H6O3. The number of hydrogen-bond donors (Lipinski definition) is 0. The van der Waals surface area contributed by atoms with Crippen LogP contribution in [0.15, 0.2) is 24.3 Å². The van der Waals surface area contributed by atoms with E-state index in [0.717, 1.165) is 0 Å². The van der Waals surface area contributed by atoms with Crippen LogP contribution < -0.4 is 4.74 Å². The first-order valence-corrected chi connectivity index (χ1v) is 3.58. The Morgan fingerprint density at radius 2 is 1.92 bits per heavy atom. The van der Waals surface area contributed by atoms with Gasteiger partial charge in [0.2, 0.25) is 11.6 Å². The van der Waals surface area contributed by atoms with E-state index in [0.29, 0.717) is 11.3 Å². The molecule has 0 aliphatic carbocycles. The highest BCUT2D eigenvalue weighted by molar-refractivity contribution is 6.45. The minimum Gasteiger partial charge on any atom is -0.485 e. The summed E-state index contributed by atoms with van der Waals surface area (Å²) in [5, 5.41) is 0. The number of carbonyl (C=O) groups is 2. The average molecular weight is 162 g/mol. The van der Waals surface area contributed by atoms with Gasteiger partial charge < -0.3 is 4.74 Å². The molecule has 3 heteroatoms. The zero-order valence-electron chi connectivity index (χ0n) is 6.24. The predicted octanol–water partition coefficient (Wildman–Crippen LogP) is 0.831. The van der Waals surface area contributed by atoms with Gasteiger partial charge in [-0.05, 0) is 12.1 Å². The molecule has 0 bridgehead atoms. The largest absolute Gasteiger partial charge is 0.485 e. The van der Waals surface area contributed by atoms with Gasteiger partial charge in [-0.3, -0.25) is 9.59 Å². The molecule has 3 nitrogen and oxygen atoms in total. The zero-order chi connectivity index (χ0) is 8.55. The fourth-order valence-corrected chi connectivity index (χ4v) is 1.14. The molecule has 0 fully saturated rings. The summed E-state index contributed by atoms with van der Waals surface area (Å²) in [6, 6.07) is 6.75. The van der Waals surface area contributed by atoms with Crippen molar-refractivity contribution < 1.29 is 14.3 Å². The molecule has 0 unspecified atom stereocenters. The third-order valence-corrected chi connectivity index (χ3v) is 1.74. The van der Waals surface area contributed by atoms with E-state index in [1.54, 1.807) is 24.3 Å². The van der Waals surface area contributed by atoms with Crippen molar-refractivity contribution in [3.8, 4) is 5.75 Å². The summed E-state index contributed by atoms with van der Waals surface area (Å²) in [4.78, 5) is 22.1. The molecule has 0 atom stereocenters. The molecule has 0 saturated heterocycles. The highest BCUT2D eigenvalue weighted by atomic mass is 16.5. The van der Waals surface area contributed by atoms with Crippen molar-refractivity contribution in [2.45, 2.75) is 0 Å². The lowest BCUT2D eigenvalue weighted by atomic mass is 10.0. The number of para-hydroxylation sites is 1. The van der Waals surface area contributed by atoms with Crippen LogP contribution in [-0.2, 0) is 4.79 Å². The molecule has 0 radical (unpaired) electrons. The van der Waals surface area contributed by atoms with Gasteiger partial charge in [-0.25, -0.2) is 0 Å². The van der Waals surface area contributed by atoms with Crippen molar-refractivity contribution in [3.63, 3.8) is 0 Å². The van der Waals surface area contributed by atoms with E-state index in [1.165, 1.54) is 0 Å². The highest BCUT2D eigenvalue weighted by Gasteiger charge is 2.25. The number of hydrogen-bond acceptors (Lipinski definition) is 3. The smallest absolute Gasteiger partial charge is 0.240 e. The molecule has 0 saturated carbocycles. The molecule has 1 aromatic rings. The Balaban J connectivity index is 2.56. The summed E-state index contributed by atoms with van der Waals surface area (Å²) >= 11 is 0. The van der Waals surface area contributed by atoms with Crippen molar-refractivity contribution in [1.29, 1.82) is 0 Å². The van der Waals surface area contributed by atoms with Crippen LogP contribution in [0, 0.1) is 0 Å². The summed E-state index contributed by atoms with van der Waals surface area (Å²) in [6.07, 6.45) is 0. The molecule has 12 heavy (non-hydrogen) atoms. The first kappa shape index (κ1) is 7.03. The van der Waals surface area contributed by atoms with Gasteiger partial charge in [-0.15, -0.1) is 0 Å². The average Bonchev–Trinajstić information content (AvgIpc) is 2.12. The molecule has 0 amide bonds. The number of Topliss-reactive ketones (excluding diaryl/α,β-unsaturated/α-hetero) is 2. The fourth-order valence-electron chi connectivity index (χ4n) is 1.14. The third kappa shape index (κ3) is 0.906. The Kier molecular flexibility index (Phi) is 1.43. The first-order chi connectivity index (χ1) is 5.79. The third-order valence-electron chi connectivity index (χ3n) is 1.74. The van der Waals surface area contributed by atoms with Gasteiger partial charge in [0.25, 0.3) is 0 Å². The van der Waals surface area contributed by atoms with Gasteiger partial charge in [-0.2, -0.15) is 0 Å². The van der Waals surface area contributed by atoms with E-state index in [9.17, 15) is 9.59 Å². The zero-order valence-corrected chi connectivity index (χ0v) is 6.24. The van der Waals surface area contributed by atoms with E-state index in [-0.39, 0.29) is 6.61 Å². The van der Waals surface area contributed by atoms with Crippen molar-refractivity contribution >= 4 is 11.6 Å². The monoisotopic (exact) mass is 162 g/mol. The topological polar surface area (TPSA) is 43.4 Å². The standard InChI is InChI=1S/C9H6O3/c10-7-5-12-8-4-2-1-3-6(8)9(7)11/h1-4H,5H2. The van der Waals surface area contributed by atoms with Crippen molar-refractivity contribution in [3.05, 3.63) is 29.8 Å². The van der Waals surface area contributed by atoms with Gasteiger partial charge in [-0.1, -0.05) is 12.1 Å². The van der Waals surface area contributed by atoms with E-state index < -0.39 is 11.6 Å². The maximum atomic E-state index is 11.2. The van der Waals surface area contributed by atoms with Gasteiger partial charge in [0, 0.05) is 0 Å². The van der Waals surface area contributed by atoms with Crippen molar-refractivity contribution in [1.82, 2.24) is 0 Å². The summed E-state index contributed by atoms with van der Waals surface area (Å²) in [5.74, 6) is -0.423. The van der Waals surface area contributed by atoms with E-state index in [4.69, 9.17) is 4.74 Å². The lowest BCUT2D eigenvalue weighted by molar-refractivity contribution is -0.117. The van der Waals surface area contributed by atoms with Gasteiger partial charge in [0.05, 0.1) is 5.56 Å². The Bertz CT molecular complexity index is 355. The van der Waals surface area contributed by atoms with Crippen LogP contribution in [-0.4, -0.2) is 18.2 Å². The van der Waals surface area contributed by atoms with E-state index in [2.05, 4.69) is 0 Å². The second-order valence-corrected chi connectivity index (χ2v) is 2.54. The summed E-state index contributed by atoms with van der Waals surface area (Å²) < 4.78 is 5.04. The van der Waals surface area contributed by atoms with Crippen molar-refractivity contribution in [2.75, 3.05) is 6.61 Å². The summed E-state index contributed by atoms with van der Waals surface area (Å²) in [6.45, 7) is -0.129. The highest BCUT2D eigenvalue weighted by Crippen LogP contribution is 2.21. The molecule has 0 spiro atoms. The normalized spacial score (nSPS) is 15.3. The van der Waals surface area contributed by atoms with Crippen LogP contribution in [0.2, 0.25) is 0 Å². The molecule has 0 aromatic heterocycles. The van der Waals surface area contributed by atoms with Crippen LogP contribution >= 0.6 is 0 Å². The molecular weight excluding hydrogens is 156 g/mol. The number of rotatable bonds is 0. The minimum absolute atomic E-state index is 0.129. The number of carbonyl (C=O) groups excluding carboxylic acids is 2. The van der Waals surface area contributed by atoms with E-state index >= 15 is 0 Å². The second-order valence-electron chi connectivity index (χ2n) is 2.54. The molecule has 0 N–H and O–H groups in total. The van der Waals surface area contributed by atoms with Gasteiger partial charge in [0.15, 0.2) is 6.61 Å². The van der Waals surface area contributed by atoms with Crippen LogP contribution in [0.3, 0.4) is 0 Å². The molecule has 60 valence electrons. The Hall–Kier alpha value is -1.64. The SMILES string of the molecule is O=C1COc2ccccc2C1=O. The maximum Gasteiger partial charge on any atom is 0.240 e. The summed E-state index contributed by atoms with van der Waals surface area (Å²) in [5.41, 5.74) is 0.369. The molecule has 2 rings (SSSR count). The number of benzene rings is 1. The summed E-state index contributed by atoms with van der Waals surface area (Å²) in [7, 11) is 0. The number of ketones is 2. The molecule has 1 aliphatic heterocycles. The van der Waals surface area contributed by atoms with E-state index in [1.807, 2.05) is 0 Å². The minimum atomic E-state index is -0.478. The Morgan fingerprint density at radius 1 is 1.17 bits per heavy atom. The number of fused-ring (bicyclic) bond motifs is 1. The van der Waals surface area contributed by atoms with Crippen LogP contribution in [0.1, 0.15) is 10.4 Å². The van der Waals surface area contributed by atoms with Crippen molar-refractivity contribution in [2.24, 2.45) is 0 Å². The molecule has 1 heterocycles. The first-order valence-electron chi connectivity index (χ1n) is 3.58. The Labute approximate surface area is 69.0 Å². The van der Waals surface area contributed by atoms with Crippen LogP contribution in [0.4, 0.5) is 0 Å². The lowest BCUT2D eigenvalue weighted by Crippen LogP contribution is -2.27. The predicted molar refractivity (Wildman–Crippen MR) is 41.3 cm³/mol. The van der Waals surface area contributed by atoms with Crippen LogP contribution in [0.25, 0.3) is 0 Å². The quantitative estimate of drug-likeness (QED) is 0.531. The van der Waals surface area contributed by atoms with Gasteiger partial charge in [0.1, 0.15) is 5.75 Å². The van der Waals surface area contributed by atoms with Crippen LogP contribution in [0.5, 0.6) is 5.75 Å². The Morgan fingerprint density at radius 3 is 2.75 bits per heavy atom.